The van der Waals surface area contributed by atoms with Crippen LogP contribution in [0.4, 0.5) is 0 Å². The smallest absolute Gasteiger partial charge is 0.0316 e. The highest BCUT2D eigenvalue weighted by atomic mass is 29.6. The molecule has 0 nitrogen and oxygen atoms in total. The van der Waals surface area contributed by atoms with Gasteiger partial charge < -0.3 is 0 Å². The Morgan fingerprint density at radius 1 is 1.07 bits per heavy atom. The summed E-state index contributed by atoms with van der Waals surface area (Å²) in [5.41, 5.74) is 3.66. The normalized spacial score (nSPS) is 28.0. The minimum absolute atomic E-state index is 0.0778. The van der Waals surface area contributed by atoms with Gasteiger partial charge in [-0.2, -0.15) is 0 Å². The predicted molar refractivity (Wildman–Crippen MR) is 87.2 cm³/mol. The van der Waals surface area contributed by atoms with Crippen LogP contribution in [-0.2, 0) is 0 Å². The van der Waals surface area contributed by atoms with Crippen LogP contribution < -0.4 is 0 Å². The third-order valence-corrected chi connectivity index (χ3v) is 43.7. The molecule has 15 heavy (non-hydrogen) atoms. The molecule has 0 amide bonds. The van der Waals surface area contributed by atoms with Gasteiger partial charge in [-0.1, -0.05) is 61.2 Å². The fourth-order valence-electron chi connectivity index (χ4n) is 3.94. The molecule has 2 heterocycles. The first-order chi connectivity index (χ1) is 7.37. The molecule has 0 bridgehead atoms. The Hall–Kier alpha value is 1.08. The zero-order chi connectivity index (χ0) is 10.6. The largest absolute Gasteiger partial charge is 0.0752 e. The van der Waals surface area contributed by atoms with E-state index in [0.29, 0.717) is 18.6 Å². The summed E-state index contributed by atoms with van der Waals surface area (Å²) < 4.78 is 0. The van der Waals surface area contributed by atoms with Gasteiger partial charge in [-0.25, -0.2) is 0 Å². The second-order valence-electron chi connectivity index (χ2n) is 6.01. The summed E-state index contributed by atoms with van der Waals surface area (Å²) in [6.07, 6.45) is 6.62. The van der Waals surface area contributed by atoms with Crippen molar-refractivity contribution in [3.63, 3.8) is 0 Å². The van der Waals surface area contributed by atoms with Crippen LogP contribution in [0.1, 0.15) is 25.7 Å². The summed E-state index contributed by atoms with van der Waals surface area (Å²) in [4.78, 5) is 0. The van der Waals surface area contributed by atoms with E-state index in [0.717, 1.165) is 0 Å². The summed E-state index contributed by atoms with van der Waals surface area (Å²) in [5, 5.41) is 0. The average Bonchev–Trinajstić information content (AvgIpc) is 2.23. The lowest BCUT2D eigenvalue weighted by Crippen LogP contribution is -2.61. The molecule has 2 aliphatic heterocycles. The van der Waals surface area contributed by atoms with Crippen LogP contribution in [-0.4, -0.2) is 44.2 Å². The lowest BCUT2D eigenvalue weighted by molar-refractivity contribution is 0.727. The summed E-state index contributed by atoms with van der Waals surface area (Å²) in [6, 6.07) is 7.38. The molecule has 0 aromatic carbocycles. The first-order valence-electron chi connectivity index (χ1n) is 7.37. The molecule has 0 aromatic rings. The van der Waals surface area contributed by atoms with E-state index in [2.05, 4.69) is 0 Å². The molecule has 0 radical (unpaired) electrons. The van der Waals surface area contributed by atoms with Crippen molar-refractivity contribution >= 4 is 44.2 Å². The topological polar surface area (TPSA) is 0 Å². The van der Waals surface area contributed by atoms with Crippen molar-refractivity contribution in [1.82, 2.24) is 0 Å². The van der Waals surface area contributed by atoms with E-state index in [1.54, 1.807) is 31.4 Å². The minimum Gasteiger partial charge on any atom is -0.0752 e. The number of hydrogen-bond donors (Lipinski definition) is 0. The fraction of sp³-hybridized carbons (Fsp3) is 1.00. The highest BCUT2D eigenvalue weighted by Crippen LogP contribution is 2.39. The highest BCUT2D eigenvalue weighted by Gasteiger charge is 2.45. The molecular formula is C10H28Si5. The molecule has 0 saturated carbocycles. The van der Waals surface area contributed by atoms with Gasteiger partial charge in [0, 0.05) is 34.0 Å². The predicted octanol–water partition coefficient (Wildman–Crippen LogP) is 0.280. The molecule has 0 unspecified atom stereocenters. The summed E-state index contributed by atoms with van der Waals surface area (Å²) in [7, 11) is 2.16. The van der Waals surface area contributed by atoms with Gasteiger partial charge >= 0.3 is 0 Å². The van der Waals surface area contributed by atoms with E-state index < -0.39 is 0 Å². The molecule has 0 aromatic heterocycles. The van der Waals surface area contributed by atoms with E-state index in [1.807, 2.05) is 29.8 Å². The number of hydrogen-bond acceptors (Lipinski definition) is 0. The monoisotopic (exact) mass is 288 g/mol. The van der Waals surface area contributed by atoms with Crippen LogP contribution in [0.5, 0.6) is 0 Å². The van der Waals surface area contributed by atoms with Crippen LogP contribution >= 0.6 is 0 Å². The molecule has 2 fully saturated rings. The van der Waals surface area contributed by atoms with Crippen molar-refractivity contribution in [2.24, 2.45) is 0 Å². The summed E-state index contributed by atoms with van der Waals surface area (Å²) in [5.74, 6) is 0. The Morgan fingerprint density at radius 2 is 1.80 bits per heavy atom. The lowest BCUT2D eigenvalue weighted by atomic mass is 10.3. The Bertz CT molecular complexity index is 186. The van der Waals surface area contributed by atoms with Gasteiger partial charge in [0.15, 0.2) is 0 Å². The summed E-state index contributed by atoms with van der Waals surface area (Å²) in [6.45, 7) is 0. The van der Waals surface area contributed by atoms with Crippen molar-refractivity contribution in [2.75, 3.05) is 0 Å². The van der Waals surface area contributed by atoms with Crippen LogP contribution in [0.15, 0.2) is 0 Å². The molecule has 0 spiro atoms. The molecule has 0 aliphatic carbocycles. The standard InChI is InChI=1S/C10H28Si5/c11-9-12-10-13-15(7-4-8-15)14-5-2-1-3-6-14/h14H,1-10,12-13H2,11H3. The van der Waals surface area contributed by atoms with Crippen LogP contribution in [0, 0.1) is 0 Å². The van der Waals surface area contributed by atoms with Crippen LogP contribution in [0.25, 0.3) is 0 Å². The lowest BCUT2D eigenvalue weighted by Gasteiger charge is -2.47. The van der Waals surface area contributed by atoms with Crippen molar-refractivity contribution in [3.05, 3.63) is 0 Å². The zero-order valence-corrected chi connectivity index (χ0v) is 17.5. The van der Waals surface area contributed by atoms with E-state index in [-0.39, 0.29) is 15.4 Å². The molecule has 88 valence electrons. The highest BCUT2D eigenvalue weighted by molar-refractivity contribution is 7.57. The van der Waals surface area contributed by atoms with Gasteiger partial charge in [0.1, 0.15) is 0 Å². The van der Waals surface area contributed by atoms with E-state index in [1.165, 1.54) is 10.2 Å². The molecular weight excluding hydrogens is 261 g/mol. The van der Waals surface area contributed by atoms with Gasteiger partial charge in [0.25, 0.3) is 0 Å². The Kier molecular flexibility index (Phi) is 5.13. The fourth-order valence-corrected chi connectivity index (χ4v) is 54.6. The molecule has 0 N–H and O–H groups in total. The maximum atomic E-state index is 1.92. The molecule has 0 atom stereocenters. The Morgan fingerprint density at radius 3 is 2.33 bits per heavy atom. The van der Waals surface area contributed by atoms with Crippen molar-refractivity contribution in [2.45, 2.75) is 61.2 Å². The van der Waals surface area contributed by atoms with Crippen molar-refractivity contribution in [1.29, 1.82) is 0 Å². The minimum atomic E-state index is -0.351. The molecule has 2 rings (SSSR count). The van der Waals surface area contributed by atoms with Crippen molar-refractivity contribution in [3.8, 4) is 0 Å². The van der Waals surface area contributed by atoms with Crippen LogP contribution in [0.3, 0.4) is 0 Å². The second kappa shape index (κ2) is 6.14. The van der Waals surface area contributed by atoms with Crippen LogP contribution in [0.2, 0.25) is 35.5 Å². The maximum absolute atomic E-state index is 1.92. The quantitative estimate of drug-likeness (QED) is 0.504. The Balaban J connectivity index is 1.83. The first kappa shape index (κ1) is 12.5. The maximum Gasteiger partial charge on any atom is 0.0316 e. The number of rotatable bonds is 5. The van der Waals surface area contributed by atoms with Gasteiger partial charge in [-0.05, 0) is 10.2 Å². The third-order valence-electron chi connectivity index (χ3n) is 5.10. The van der Waals surface area contributed by atoms with E-state index in [9.17, 15) is 0 Å². The van der Waals surface area contributed by atoms with Crippen molar-refractivity contribution < 1.29 is 0 Å². The Labute approximate surface area is 105 Å². The van der Waals surface area contributed by atoms with Gasteiger partial charge in [0.05, 0.1) is 0 Å². The zero-order valence-electron chi connectivity index (χ0n) is 10.6. The second-order valence-corrected chi connectivity index (χ2v) is 34.6. The van der Waals surface area contributed by atoms with Gasteiger partial charge in [-0.15, -0.1) is 0 Å². The third kappa shape index (κ3) is 3.05. The average molecular weight is 289 g/mol. The first-order valence-corrected chi connectivity index (χ1v) is 20.0. The molecule has 2 aliphatic rings. The van der Waals surface area contributed by atoms with E-state index in [4.69, 9.17) is 0 Å². The van der Waals surface area contributed by atoms with Gasteiger partial charge in [-0.3, -0.25) is 0 Å². The van der Waals surface area contributed by atoms with E-state index >= 15 is 0 Å². The SMILES string of the molecule is [SiH3]C[SiH2]C[SiH2][Si]1([SiH]2CCCCC2)CCC1. The summed E-state index contributed by atoms with van der Waals surface area (Å²) >= 11 is 0. The molecule has 2 saturated heterocycles. The van der Waals surface area contributed by atoms with Gasteiger partial charge in [0.2, 0.25) is 0 Å². The molecule has 5 heteroatoms.